The molecule has 28 heavy (non-hydrogen) atoms. The van der Waals surface area contributed by atoms with Gasteiger partial charge in [-0.15, -0.1) is 36.2 Å². The summed E-state index contributed by atoms with van der Waals surface area (Å²) in [5.41, 5.74) is 9.71. The van der Waals surface area contributed by atoms with E-state index in [1.54, 1.807) is 11.3 Å². The lowest BCUT2D eigenvalue weighted by Crippen LogP contribution is -2.30. The highest BCUT2D eigenvalue weighted by Crippen LogP contribution is 2.33. The molecule has 2 atom stereocenters. The Kier molecular flexibility index (Phi) is 7.66. The fraction of sp³-hybridized carbons (Fsp3) is 0.300. The zero-order chi connectivity index (χ0) is 18.1. The average molecular weight is 439 g/mol. The fourth-order valence-electron chi connectivity index (χ4n) is 3.69. The molecule has 0 spiro atoms. The zero-order valence-electron chi connectivity index (χ0n) is 15.5. The van der Waals surface area contributed by atoms with Crippen molar-refractivity contribution < 1.29 is 4.79 Å². The number of halogens is 2. The smallest absolute Gasteiger partial charge is 0.270 e. The van der Waals surface area contributed by atoms with Gasteiger partial charge in [-0.05, 0) is 31.0 Å². The molecule has 0 bridgehead atoms. The number of aromatic amines is 1. The minimum absolute atomic E-state index is 0. The number of thiazole rings is 1. The van der Waals surface area contributed by atoms with E-state index in [0.717, 1.165) is 16.3 Å². The lowest BCUT2D eigenvalue weighted by Gasteiger charge is -2.16. The number of benzene rings is 1. The summed E-state index contributed by atoms with van der Waals surface area (Å²) in [4.78, 5) is 22.5. The Labute approximate surface area is 181 Å². The number of amides is 1. The maximum Gasteiger partial charge on any atom is 0.270 e. The second-order valence-electron chi connectivity index (χ2n) is 6.78. The number of H-pyrrole nitrogens is 1. The fourth-order valence-corrected chi connectivity index (χ4v) is 4.31. The number of nitrogens with one attached hydrogen (secondary N) is 1. The van der Waals surface area contributed by atoms with Crippen LogP contribution in [0.2, 0.25) is 0 Å². The predicted octanol–water partition coefficient (Wildman–Crippen LogP) is 4.10. The van der Waals surface area contributed by atoms with E-state index in [1.165, 1.54) is 5.56 Å². The molecular weight excluding hydrogens is 415 g/mol. The van der Waals surface area contributed by atoms with Crippen LogP contribution >= 0.6 is 36.2 Å². The number of nitrogens with zero attached hydrogens (tertiary/aromatic N) is 2. The van der Waals surface area contributed by atoms with Gasteiger partial charge in [-0.1, -0.05) is 30.3 Å². The molecule has 0 unspecified atom stereocenters. The lowest BCUT2D eigenvalue weighted by molar-refractivity contribution is 0.0781. The standard InChI is InChI=1S/C20H22N4OS.2ClH/c1-13-23-19(12-26-13)15-7-18(22-9-15)20(25)24-10-16(8-21)17(11-24)14-5-3-2-4-6-14;;/h2-7,9,12,16-17,22H,8,10-11,21H2,1H3;2*1H/t16-,17+;;/m1../s1. The van der Waals surface area contributed by atoms with Gasteiger partial charge in [0.15, 0.2) is 0 Å². The summed E-state index contributed by atoms with van der Waals surface area (Å²) >= 11 is 1.61. The lowest BCUT2D eigenvalue weighted by atomic mass is 9.89. The molecule has 1 amide bonds. The molecule has 3 aromatic rings. The Morgan fingerprint density at radius 1 is 1.29 bits per heavy atom. The molecule has 0 radical (unpaired) electrons. The molecule has 1 aromatic carbocycles. The van der Waals surface area contributed by atoms with Gasteiger partial charge in [-0.25, -0.2) is 4.98 Å². The van der Waals surface area contributed by atoms with Crippen LogP contribution < -0.4 is 5.73 Å². The highest BCUT2D eigenvalue weighted by atomic mass is 35.5. The third-order valence-electron chi connectivity index (χ3n) is 5.09. The van der Waals surface area contributed by atoms with E-state index in [9.17, 15) is 4.79 Å². The van der Waals surface area contributed by atoms with E-state index >= 15 is 0 Å². The molecule has 8 heteroatoms. The molecule has 5 nitrogen and oxygen atoms in total. The van der Waals surface area contributed by atoms with Crippen LogP contribution in [0.15, 0.2) is 48.0 Å². The first kappa shape index (κ1) is 22.4. The summed E-state index contributed by atoms with van der Waals surface area (Å²) in [6.45, 7) is 3.96. The van der Waals surface area contributed by atoms with Crippen molar-refractivity contribution >= 4 is 42.1 Å². The summed E-state index contributed by atoms with van der Waals surface area (Å²) in [7, 11) is 0. The first-order valence-electron chi connectivity index (χ1n) is 8.81. The number of likely N-dealkylation sites (tertiary alicyclic amines) is 1. The number of carbonyl (C=O) groups is 1. The van der Waals surface area contributed by atoms with Crippen LogP contribution in [-0.4, -0.2) is 40.4 Å². The normalized spacial score (nSPS) is 18.4. The van der Waals surface area contributed by atoms with Crippen molar-refractivity contribution in [2.45, 2.75) is 12.8 Å². The maximum absolute atomic E-state index is 13.0. The van der Waals surface area contributed by atoms with Crippen LogP contribution in [0.4, 0.5) is 0 Å². The number of rotatable bonds is 4. The van der Waals surface area contributed by atoms with Gasteiger partial charge >= 0.3 is 0 Å². The minimum atomic E-state index is 0. The summed E-state index contributed by atoms with van der Waals surface area (Å²) < 4.78 is 0. The van der Waals surface area contributed by atoms with Crippen molar-refractivity contribution in [3.8, 4) is 11.3 Å². The summed E-state index contributed by atoms with van der Waals surface area (Å²) in [5.74, 6) is 0.609. The number of carbonyl (C=O) groups excluding carboxylic acids is 1. The van der Waals surface area contributed by atoms with Crippen molar-refractivity contribution in [3.05, 3.63) is 64.2 Å². The molecule has 1 aliphatic heterocycles. The predicted molar refractivity (Wildman–Crippen MR) is 119 cm³/mol. The third-order valence-corrected chi connectivity index (χ3v) is 5.86. The molecule has 2 aromatic heterocycles. The van der Waals surface area contributed by atoms with Crippen molar-refractivity contribution in [2.24, 2.45) is 11.7 Å². The minimum Gasteiger partial charge on any atom is -0.357 e. The van der Waals surface area contributed by atoms with Gasteiger partial charge in [0.1, 0.15) is 5.69 Å². The third kappa shape index (κ3) is 4.41. The second-order valence-corrected chi connectivity index (χ2v) is 7.84. The molecule has 0 aliphatic carbocycles. The van der Waals surface area contributed by atoms with E-state index in [-0.39, 0.29) is 36.6 Å². The first-order chi connectivity index (χ1) is 12.7. The van der Waals surface area contributed by atoms with Crippen molar-refractivity contribution in [3.63, 3.8) is 0 Å². The van der Waals surface area contributed by atoms with E-state index in [2.05, 4.69) is 22.1 Å². The van der Waals surface area contributed by atoms with Gasteiger partial charge in [0.05, 0.1) is 10.7 Å². The van der Waals surface area contributed by atoms with Crippen LogP contribution in [0.3, 0.4) is 0 Å². The summed E-state index contributed by atoms with van der Waals surface area (Å²) in [5, 5.41) is 3.03. The van der Waals surface area contributed by atoms with Crippen LogP contribution in [0, 0.1) is 12.8 Å². The van der Waals surface area contributed by atoms with E-state index in [0.29, 0.717) is 31.2 Å². The second kappa shape index (κ2) is 9.56. The van der Waals surface area contributed by atoms with Crippen molar-refractivity contribution in [1.29, 1.82) is 0 Å². The van der Waals surface area contributed by atoms with E-state index < -0.39 is 0 Å². The highest BCUT2D eigenvalue weighted by molar-refractivity contribution is 7.09. The Bertz CT molecular complexity index is 912. The molecule has 3 N–H and O–H groups in total. The van der Waals surface area contributed by atoms with Gasteiger partial charge in [-0.2, -0.15) is 0 Å². The van der Waals surface area contributed by atoms with E-state index in [1.807, 2.05) is 47.7 Å². The SMILES string of the molecule is Cc1nc(-c2c[nH]c(C(=O)N3C[C@@H](CN)[C@H](c4ccccc4)C3)c2)cs1.Cl.Cl. The monoisotopic (exact) mass is 438 g/mol. The Morgan fingerprint density at radius 3 is 2.68 bits per heavy atom. The highest BCUT2D eigenvalue weighted by Gasteiger charge is 2.35. The first-order valence-corrected chi connectivity index (χ1v) is 9.69. The molecule has 4 rings (SSSR count). The van der Waals surface area contributed by atoms with Gasteiger partial charge in [0, 0.05) is 36.1 Å². The molecule has 150 valence electrons. The number of hydrogen-bond acceptors (Lipinski definition) is 4. The van der Waals surface area contributed by atoms with Gasteiger partial charge < -0.3 is 15.6 Å². The summed E-state index contributed by atoms with van der Waals surface area (Å²) in [6.07, 6.45) is 1.85. The molecule has 0 saturated carbocycles. The van der Waals surface area contributed by atoms with Crippen LogP contribution in [-0.2, 0) is 0 Å². The number of nitrogens with two attached hydrogens (primary N) is 1. The largest absolute Gasteiger partial charge is 0.357 e. The Balaban J connectivity index is 0.00000140. The van der Waals surface area contributed by atoms with Crippen LogP contribution in [0.25, 0.3) is 11.3 Å². The van der Waals surface area contributed by atoms with Gasteiger partial charge in [0.25, 0.3) is 5.91 Å². The van der Waals surface area contributed by atoms with E-state index in [4.69, 9.17) is 5.73 Å². The quantitative estimate of drug-likeness (QED) is 0.643. The Hall–Kier alpha value is -1.86. The maximum atomic E-state index is 13.0. The van der Waals surface area contributed by atoms with Crippen molar-refractivity contribution in [1.82, 2.24) is 14.9 Å². The molecule has 3 heterocycles. The van der Waals surface area contributed by atoms with Crippen LogP contribution in [0.5, 0.6) is 0 Å². The van der Waals surface area contributed by atoms with Crippen LogP contribution in [0.1, 0.15) is 27.0 Å². The Morgan fingerprint density at radius 2 is 2.04 bits per heavy atom. The number of aromatic nitrogens is 2. The zero-order valence-corrected chi connectivity index (χ0v) is 17.9. The topological polar surface area (TPSA) is 75.0 Å². The summed E-state index contributed by atoms with van der Waals surface area (Å²) in [6, 6.07) is 12.2. The number of hydrogen-bond donors (Lipinski definition) is 2. The average Bonchev–Trinajstić information content (AvgIpc) is 3.40. The molecular formula is C20H24Cl2N4OS. The van der Waals surface area contributed by atoms with Gasteiger partial charge in [0.2, 0.25) is 0 Å². The molecule has 1 aliphatic rings. The molecule has 1 saturated heterocycles. The number of aryl methyl sites for hydroxylation is 1. The van der Waals surface area contributed by atoms with Crippen molar-refractivity contribution in [2.75, 3.05) is 19.6 Å². The van der Waals surface area contributed by atoms with Gasteiger partial charge in [-0.3, -0.25) is 4.79 Å². The molecule has 1 fully saturated rings.